The molecule has 1 aromatic carbocycles. The number of pyridine rings is 1. The summed E-state index contributed by atoms with van der Waals surface area (Å²) >= 11 is 0. The molecule has 1 fully saturated rings. The van der Waals surface area contributed by atoms with Crippen molar-refractivity contribution in [2.75, 3.05) is 5.32 Å². The van der Waals surface area contributed by atoms with E-state index in [-0.39, 0.29) is 0 Å². The third-order valence-corrected chi connectivity index (χ3v) is 3.42. The molecule has 1 aliphatic rings. The van der Waals surface area contributed by atoms with E-state index in [2.05, 4.69) is 41.5 Å². The van der Waals surface area contributed by atoms with Gasteiger partial charge >= 0.3 is 0 Å². The minimum Gasteiger partial charge on any atom is -0.382 e. The number of aromatic nitrogens is 1. The third kappa shape index (κ3) is 1.64. The molecule has 16 heavy (non-hydrogen) atoms. The molecule has 1 N–H and O–H groups in total. The van der Waals surface area contributed by atoms with Gasteiger partial charge in [-0.25, -0.2) is 0 Å². The largest absolute Gasteiger partial charge is 0.382 e. The highest BCUT2D eigenvalue weighted by atomic mass is 14.9. The smallest absolute Gasteiger partial charge is 0.0437 e. The Morgan fingerprint density at radius 3 is 2.94 bits per heavy atom. The molecule has 0 bridgehead atoms. The van der Waals surface area contributed by atoms with E-state index in [4.69, 9.17) is 0 Å². The first kappa shape index (κ1) is 9.64. The van der Waals surface area contributed by atoms with Crippen LogP contribution >= 0.6 is 0 Å². The Labute approximate surface area is 95.7 Å². The van der Waals surface area contributed by atoms with Gasteiger partial charge < -0.3 is 5.32 Å². The van der Waals surface area contributed by atoms with Gasteiger partial charge in [-0.05, 0) is 36.3 Å². The normalized spacial score (nSPS) is 24.1. The molecule has 0 saturated heterocycles. The van der Waals surface area contributed by atoms with Crippen LogP contribution in [0, 0.1) is 5.92 Å². The predicted octanol–water partition coefficient (Wildman–Crippen LogP) is 3.45. The minimum absolute atomic E-state index is 0.654. The second-order valence-electron chi connectivity index (χ2n) is 4.82. The van der Waals surface area contributed by atoms with Crippen molar-refractivity contribution < 1.29 is 0 Å². The molecule has 0 amide bonds. The highest BCUT2D eigenvalue weighted by molar-refractivity contribution is 5.93. The summed E-state index contributed by atoms with van der Waals surface area (Å²) in [5, 5.41) is 6.10. The quantitative estimate of drug-likeness (QED) is 0.824. The molecule has 0 atom stereocenters. The van der Waals surface area contributed by atoms with Crippen molar-refractivity contribution in [3.63, 3.8) is 0 Å². The number of fused-ring (bicyclic) bond motifs is 1. The van der Waals surface area contributed by atoms with E-state index in [1.54, 1.807) is 0 Å². The lowest BCUT2D eigenvalue weighted by molar-refractivity contribution is 0.309. The zero-order chi connectivity index (χ0) is 11.0. The molecular weight excluding hydrogens is 196 g/mol. The zero-order valence-electron chi connectivity index (χ0n) is 9.48. The van der Waals surface area contributed by atoms with Gasteiger partial charge in [0.1, 0.15) is 0 Å². The first-order valence-corrected chi connectivity index (χ1v) is 5.92. The molecule has 2 nitrogen and oxygen atoms in total. The second kappa shape index (κ2) is 3.78. The van der Waals surface area contributed by atoms with Crippen molar-refractivity contribution in [1.82, 2.24) is 4.98 Å². The molecule has 1 aromatic heterocycles. The summed E-state index contributed by atoms with van der Waals surface area (Å²) in [4.78, 5) is 4.20. The van der Waals surface area contributed by atoms with Crippen molar-refractivity contribution in [2.45, 2.75) is 25.8 Å². The zero-order valence-corrected chi connectivity index (χ0v) is 9.48. The summed E-state index contributed by atoms with van der Waals surface area (Å²) in [5.41, 5.74) is 1.22. The van der Waals surface area contributed by atoms with E-state index >= 15 is 0 Å². The SMILES string of the molecule is CC1CC(Nc2cccc3ccncc23)C1. The van der Waals surface area contributed by atoms with Crippen molar-refractivity contribution in [1.29, 1.82) is 0 Å². The van der Waals surface area contributed by atoms with Crippen LogP contribution in [0.25, 0.3) is 10.8 Å². The first-order valence-electron chi connectivity index (χ1n) is 5.92. The van der Waals surface area contributed by atoms with Crippen LogP contribution in [0.2, 0.25) is 0 Å². The van der Waals surface area contributed by atoms with E-state index < -0.39 is 0 Å². The summed E-state index contributed by atoms with van der Waals surface area (Å²) in [6.07, 6.45) is 6.37. The molecule has 1 heterocycles. The van der Waals surface area contributed by atoms with Crippen LogP contribution in [0.5, 0.6) is 0 Å². The molecule has 0 aliphatic heterocycles. The van der Waals surface area contributed by atoms with Crippen LogP contribution in [-0.4, -0.2) is 11.0 Å². The van der Waals surface area contributed by atoms with Crippen molar-refractivity contribution in [3.8, 4) is 0 Å². The van der Waals surface area contributed by atoms with Gasteiger partial charge in [0.25, 0.3) is 0 Å². The van der Waals surface area contributed by atoms with Crippen LogP contribution in [0.15, 0.2) is 36.7 Å². The maximum Gasteiger partial charge on any atom is 0.0437 e. The molecule has 3 rings (SSSR count). The van der Waals surface area contributed by atoms with Crippen LogP contribution in [0.1, 0.15) is 19.8 Å². The summed E-state index contributed by atoms with van der Waals surface area (Å²) in [7, 11) is 0. The molecule has 0 spiro atoms. The van der Waals surface area contributed by atoms with Gasteiger partial charge in [0.2, 0.25) is 0 Å². The number of nitrogens with one attached hydrogen (secondary N) is 1. The maximum absolute atomic E-state index is 4.20. The molecule has 1 saturated carbocycles. The summed E-state index contributed by atoms with van der Waals surface area (Å²) in [5.74, 6) is 0.880. The maximum atomic E-state index is 4.20. The van der Waals surface area contributed by atoms with E-state index in [9.17, 15) is 0 Å². The highest BCUT2D eigenvalue weighted by Crippen LogP contribution is 2.31. The fraction of sp³-hybridized carbons (Fsp3) is 0.357. The van der Waals surface area contributed by atoms with E-state index in [0.717, 1.165) is 5.92 Å². The third-order valence-electron chi connectivity index (χ3n) is 3.42. The fourth-order valence-corrected chi connectivity index (χ4v) is 2.48. The Morgan fingerprint density at radius 2 is 2.12 bits per heavy atom. The highest BCUT2D eigenvalue weighted by Gasteiger charge is 2.25. The first-order chi connectivity index (χ1) is 7.83. The van der Waals surface area contributed by atoms with Crippen LogP contribution in [0.3, 0.4) is 0 Å². The van der Waals surface area contributed by atoms with Crippen LogP contribution in [-0.2, 0) is 0 Å². The lowest BCUT2D eigenvalue weighted by Gasteiger charge is -2.34. The van der Waals surface area contributed by atoms with Crippen LogP contribution in [0.4, 0.5) is 5.69 Å². The van der Waals surface area contributed by atoms with Gasteiger partial charge in [0.15, 0.2) is 0 Å². The molecule has 0 radical (unpaired) electrons. The van der Waals surface area contributed by atoms with Gasteiger partial charge in [-0.15, -0.1) is 0 Å². The van der Waals surface area contributed by atoms with Gasteiger partial charge in [-0.3, -0.25) is 4.98 Å². The summed E-state index contributed by atoms with van der Waals surface area (Å²) < 4.78 is 0. The lowest BCUT2D eigenvalue weighted by Crippen LogP contribution is -2.33. The Bertz CT molecular complexity index is 496. The lowest BCUT2D eigenvalue weighted by atomic mass is 9.82. The summed E-state index contributed by atoms with van der Waals surface area (Å²) in [6, 6.07) is 9.09. The number of anilines is 1. The monoisotopic (exact) mass is 212 g/mol. The number of rotatable bonds is 2. The number of hydrogen-bond donors (Lipinski definition) is 1. The average Bonchev–Trinajstić information content (AvgIpc) is 2.27. The Morgan fingerprint density at radius 1 is 1.25 bits per heavy atom. The minimum atomic E-state index is 0.654. The van der Waals surface area contributed by atoms with E-state index in [1.165, 1.54) is 29.3 Å². The predicted molar refractivity (Wildman–Crippen MR) is 67.6 cm³/mol. The van der Waals surface area contributed by atoms with E-state index in [0.29, 0.717) is 6.04 Å². The molecule has 2 aromatic rings. The van der Waals surface area contributed by atoms with Crippen molar-refractivity contribution in [3.05, 3.63) is 36.7 Å². The summed E-state index contributed by atoms with van der Waals surface area (Å²) in [6.45, 7) is 2.31. The van der Waals surface area contributed by atoms with Crippen molar-refractivity contribution >= 4 is 16.5 Å². The number of hydrogen-bond acceptors (Lipinski definition) is 2. The second-order valence-corrected chi connectivity index (χ2v) is 4.82. The van der Waals surface area contributed by atoms with Gasteiger partial charge in [0.05, 0.1) is 0 Å². The number of benzene rings is 1. The standard InChI is InChI=1S/C14H16N2/c1-10-7-12(8-10)16-14-4-2-3-11-5-6-15-9-13(11)14/h2-6,9-10,12,16H,7-8H2,1H3. The average molecular weight is 212 g/mol. The van der Waals surface area contributed by atoms with Gasteiger partial charge in [-0.2, -0.15) is 0 Å². The van der Waals surface area contributed by atoms with E-state index in [1.807, 2.05) is 12.4 Å². The molecule has 1 aliphatic carbocycles. The molecular formula is C14H16N2. The Balaban J connectivity index is 1.91. The number of nitrogens with zero attached hydrogens (tertiary/aromatic N) is 1. The molecule has 2 heteroatoms. The molecule has 0 unspecified atom stereocenters. The Hall–Kier alpha value is -1.57. The topological polar surface area (TPSA) is 24.9 Å². The van der Waals surface area contributed by atoms with Crippen molar-refractivity contribution in [2.24, 2.45) is 5.92 Å². The van der Waals surface area contributed by atoms with Crippen LogP contribution < -0.4 is 5.32 Å². The fourth-order valence-electron chi connectivity index (χ4n) is 2.48. The Kier molecular flexibility index (Phi) is 2.28. The van der Waals surface area contributed by atoms with Gasteiger partial charge in [-0.1, -0.05) is 19.1 Å². The van der Waals surface area contributed by atoms with Gasteiger partial charge in [0, 0.05) is 29.5 Å². The molecule has 82 valence electrons.